The summed E-state index contributed by atoms with van der Waals surface area (Å²) in [7, 11) is 7.20. The molecule has 0 aromatic heterocycles. The summed E-state index contributed by atoms with van der Waals surface area (Å²) in [6.45, 7) is 1.53. The second-order valence-corrected chi connectivity index (χ2v) is 1.91. The van der Waals surface area contributed by atoms with E-state index >= 15 is 0 Å². The van der Waals surface area contributed by atoms with Crippen LogP contribution in [0.5, 0.6) is 0 Å². The van der Waals surface area contributed by atoms with Crippen LogP contribution >= 0.6 is 0 Å². The van der Waals surface area contributed by atoms with Crippen molar-refractivity contribution in [3.8, 4) is 0 Å². The molecule has 0 fully saturated rings. The van der Waals surface area contributed by atoms with Crippen molar-refractivity contribution in [1.29, 1.82) is 0 Å². The first kappa shape index (κ1) is 16.2. The SMILES string of the molecule is C.CC(=O)N(C)C.CNC. The fourth-order valence-corrected chi connectivity index (χ4v) is 0. The predicted octanol–water partition coefficient (Wildman–Crippen LogP) is 0.566. The molecular weight excluding hydrogens is 128 g/mol. The number of nitrogens with one attached hydrogen (secondary N) is 1. The van der Waals surface area contributed by atoms with Crippen LogP contribution in [0.2, 0.25) is 0 Å². The summed E-state index contributed by atoms with van der Waals surface area (Å²) in [5.74, 6) is 0.0926. The van der Waals surface area contributed by atoms with Gasteiger partial charge in [-0.05, 0) is 14.1 Å². The normalized spacial score (nSPS) is 6.50. The van der Waals surface area contributed by atoms with Gasteiger partial charge in [-0.25, -0.2) is 0 Å². The zero-order valence-corrected chi connectivity index (χ0v) is 6.86. The molecule has 0 heterocycles. The minimum Gasteiger partial charge on any atom is -0.349 e. The molecule has 0 radical (unpaired) electrons. The first-order chi connectivity index (χ1) is 4.06. The van der Waals surface area contributed by atoms with Gasteiger partial charge < -0.3 is 10.2 Å². The maximum atomic E-state index is 10.1. The van der Waals surface area contributed by atoms with Gasteiger partial charge in [0.1, 0.15) is 0 Å². The van der Waals surface area contributed by atoms with Crippen LogP contribution in [0, 0.1) is 0 Å². The molecule has 0 aliphatic rings. The smallest absolute Gasteiger partial charge is 0.218 e. The van der Waals surface area contributed by atoms with Gasteiger partial charge in [0.2, 0.25) is 5.91 Å². The summed E-state index contributed by atoms with van der Waals surface area (Å²) < 4.78 is 0. The summed E-state index contributed by atoms with van der Waals surface area (Å²) in [5.41, 5.74) is 0. The van der Waals surface area contributed by atoms with Gasteiger partial charge in [0.05, 0.1) is 0 Å². The Kier molecular flexibility index (Phi) is 18.2. The number of hydrogen-bond donors (Lipinski definition) is 1. The van der Waals surface area contributed by atoms with E-state index in [2.05, 4.69) is 5.32 Å². The second-order valence-electron chi connectivity index (χ2n) is 1.91. The van der Waals surface area contributed by atoms with Crippen molar-refractivity contribution in [1.82, 2.24) is 10.2 Å². The number of amides is 1. The number of carbonyl (C=O) groups excluding carboxylic acids is 1. The topological polar surface area (TPSA) is 32.3 Å². The minimum absolute atomic E-state index is 0. The van der Waals surface area contributed by atoms with Gasteiger partial charge in [-0.1, -0.05) is 7.43 Å². The molecule has 0 spiro atoms. The van der Waals surface area contributed by atoms with E-state index in [4.69, 9.17) is 0 Å². The lowest BCUT2D eigenvalue weighted by molar-refractivity contribution is -0.126. The molecule has 0 bridgehead atoms. The molecule has 0 aliphatic carbocycles. The van der Waals surface area contributed by atoms with Crippen molar-refractivity contribution in [3.63, 3.8) is 0 Å². The van der Waals surface area contributed by atoms with Crippen LogP contribution in [0.1, 0.15) is 14.4 Å². The molecule has 0 saturated heterocycles. The van der Waals surface area contributed by atoms with E-state index in [9.17, 15) is 4.79 Å². The standard InChI is InChI=1S/C4H9NO.C2H7N.CH4/c1-4(6)5(2)3;1-3-2;/h1-3H3;3H,1-2H3;1H4. The number of nitrogens with zero attached hydrogens (tertiary/aromatic N) is 1. The third kappa shape index (κ3) is 26.1. The average molecular weight is 148 g/mol. The second kappa shape index (κ2) is 11.3. The van der Waals surface area contributed by atoms with Crippen LogP contribution in [0.25, 0.3) is 0 Å². The maximum Gasteiger partial charge on any atom is 0.218 e. The molecule has 0 rings (SSSR count). The van der Waals surface area contributed by atoms with Crippen molar-refractivity contribution in [2.45, 2.75) is 14.4 Å². The minimum atomic E-state index is 0. The highest BCUT2D eigenvalue weighted by Crippen LogP contribution is 1.69. The van der Waals surface area contributed by atoms with E-state index in [1.807, 2.05) is 14.1 Å². The van der Waals surface area contributed by atoms with E-state index in [1.54, 1.807) is 14.1 Å². The van der Waals surface area contributed by atoms with Crippen LogP contribution in [0.15, 0.2) is 0 Å². The molecule has 1 amide bonds. The Hall–Kier alpha value is -0.570. The number of rotatable bonds is 0. The Morgan fingerprint density at radius 1 is 1.30 bits per heavy atom. The van der Waals surface area contributed by atoms with E-state index in [-0.39, 0.29) is 13.3 Å². The Balaban J connectivity index is -0.000000107. The van der Waals surface area contributed by atoms with E-state index in [1.165, 1.54) is 11.8 Å². The Morgan fingerprint density at radius 3 is 1.40 bits per heavy atom. The largest absolute Gasteiger partial charge is 0.349 e. The maximum absolute atomic E-state index is 10.1. The van der Waals surface area contributed by atoms with Crippen LogP contribution in [0.4, 0.5) is 0 Å². The van der Waals surface area contributed by atoms with Crippen LogP contribution in [-0.2, 0) is 4.79 Å². The van der Waals surface area contributed by atoms with Gasteiger partial charge in [-0.15, -0.1) is 0 Å². The quantitative estimate of drug-likeness (QED) is 0.544. The van der Waals surface area contributed by atoms with Crippen LogP contribution in [0.3, 0.4) is 0 Å². The van der Waals surface area contributed by atoms with Gasteiger partial charge in [0, 0.05) is 21.0 Å². The lowest BCUT2D eigenvalue weighted by atomic mass is 10.7. The highest BCUT2D eigenvalue weighted by atomic mass is 16.2. The number of hydrogen-bond acceptors (Lipinski definition) is 2. The molecule has 0 saturated carbocycles. The molecule has 0 aromatic rings. The molecule has 3 nitrogen and oxygen atoms in total. The summed E-state index contributed by atoms with van der Waals surface area (Å²) in [6, 6.07) is 0. The van der Waals surface area contributed by atoms with E-state index in [0.717, 1.165) is 0 Å². The monoisotopic (exact) mass is 148 g/mol. The summed E-state index contributed by atoms with van der Waals surface area (Å²) >= 11 is 0. The molecule has 1 N–H and O–H groups in total. The highest BCUT2D eigenvalue weighted by Gasteiger charge is 1.87. The molecule has 0 aliphatic heterocycles. The molecule has 0 unspecified atom stereocenters. The van der Waals surface area contributed by atoms with Crippen molar-refractivity contribution in [2.24, 2.45) is 0 Å². The van der Waals surface area contributed by atoms with Gasteiger partial charge >= 0.3 is 0 Å². The summed E-state index contributed by atoms with van der Waals surface area (Å²) in [6.07, 6.45) is 0. The first-order valence-electron chi connectivity index (χ1n) is 2.82. The van der Waals surface area contributed by atoms with Gasteiger partial charge in [-0.3, -0.25) is 4.79 Å². The van der Waals surface area contributed by atoms with E-state index < -0.39 is 0 Å². The Morgan fingerprint density at radius 2 is 1.40 bits per heavy atom. The fourth-order valence-electron chi connectivity index (χ4n) is 0. The van der Waals surface area contributed by atoms with Crippen molar-refractivity contribution < 1.29 is 4.79 Å². The van der Waals surface area contributed by atoms with Gasteiger partial charge in [0.15, 0.2) is 0 Å². The van der Waals surface area contributed by atoms with Gasteiger partial charge in [-0.2, -0.15) is 0 Å². The molecule has 64 valence electrons. The molecule has 10 heavy (non-hydrogen) atoms. The molecular formula is C7H20N2O. The third-order valence-corrected chi connectivity index (χ3v) is 0.630. The zero-order chi connectivity index (χ0) is 7.86. The Bertz CT molecular complexity index is 72.0. The van der Waals surface area contributed by atoms with Crippen molar-refractivity contribution in [3.05, 3.63) is 0 Å². The molecule has 0 aromatic carbocycles. The zero-order valence-electron chi connectivity index (χ0n) is 6.86. The van der Waals surface area contributed by atoms with Crippen molar-refractivity contribution in [2.75, 3.05) is 28.2 Å². The average Bonchev–Trinajstić information content (AvgIpc) is 1.68. The highest BCUT2D eigenvalue weighted by molar-refractivity contribution is 5.72. The first-order valence-corrected chi connectivity index (χ1v) is 2.82. The van der Waals surface area contributed by atoms with Crippen molar-refractivity contribution >= 4 is 5.91 Å². The lowest BCUT2D eigenvalue weighted by Crippen LogP contribution is -2.17. The third-order valence-electron chi connectivity index (χ3n) is 0.630. The van der Waals surface area contributed by atoms with Crippen LogP contribution in [-0.4, -0.2) is 39.0 Å². The lowest BCUT2D eigenvalue weighted by Gasteiger charge is -2.02. The summed E-state index contributed by atoms with van der Waals surface area (Å²) in [5, 5.41) is 2.75. The number of carbonyl (C=O) groups is 1. The van der Waals surface area contributed by atoms with Gasteiger partial charge in [0.25, 0.3) is 0 Å². The summed E-state index contributed by atoms with van der Waals surface area (Å²) in [4.78, 5) is 11.6. The molecule has 3 heteroatoms. The van der Waals surface area contributed by atoms with Crippen LogP contribution < -0.4 is 5.32 Å². The fraction of sp³-hybridized carbons (Fsp3) is 0.857. The predicted molar refractivity (Wildman–Crippen MR) is 46.1 cm³/mol. The van der Waals surface area contributed by atoms with E-state index in [0.29, 0.717) is 0 Å². The Labute approximate surface area is 64.4 Å². The molecule has 0 atom stereocenters.